The summed E-state index contributed by atoms with van der Waals surface area (Å²) in [7, 11) is 4.85. The Morgan fingerprint density at radius 3 is 2.62 bits per heavy atom. The lowest BCUT2D eigenvalue weighted by Crippen LogP contribution is -2.45. The molecule has 3 aromatic rings. The third kappa shape index (κ3) is 4.73. The van der Waals surface area contributed by atoms with Gasteiger partial charge in [-0.15, -0.1) is 11.3 Å². The summed E-state index contributed by atoms with van der Waals surface area (Å²) < 4.78 is 7.74. The summed E-state index contributed by atoms with van der Waals surface area (Å²) in [5.74, 6) is -0.0390. The number of hydrogen-bond acceptors (Lipinski definition) is 5. The molecule has 0 saturated carbocycles. The van der Waals surface area contributed by atoms with E-state index >= 15 is 0 Å². The van der Waals surface area contributed by atoms with Gasteiger partial charge in [0.1, 0.15) is 11.4 Å². The van der Waals surface area contributed by atoms with Crippen molar-refractivity contribution in [3.63, 3.8) is 0 Å². The minimum Gasteiger partial charge on any atom is -0.496 e. The lowest BCUT2D eigenvalue weighted by molar-refractivity contribution is -0.127. The lowest BCUT2D eigenvalue weighted by atomic mass is 9.93. The van der Waals surface area contributed by atoms with E-state index in [1.54, 1.807) is 32.5 Å². The zero-order valence-corrected chi connectivity index (χ0v) is 24.1. The van der Waals surface area contributed by atoms with Gasteiger partial charge in [0.25, 0.3) is 11.8 Å². The molecule has 1 aromatic carbocycles. The number of aryl methyl sites for hydroxylation is 1. The number of likely N-dealkylation sites (N-methyl/N-ethyl adjacent to an activating group) is 1. The van der Waals surface area contributed by atoms with Gasteiger partial charge in [0.15, 0.2) is 0 Å². The van der Waals surface area contributed by atoms with E-state index in [0.29, 0.717) is 30.0 Å². The molecule has 9 heteroatoms. The number of carbonyl (C=O) groups is 3. The molecule has 1 N–H and O–H groups in total. The molecule has 2 aromatic heterocycles. The third-order valence-electron chi connectivity index (χ3n) is 8.29. The molecule has 39 heavy (non-hydrogen) atoms. The molecular formula is C30H36N4O4S. The number of benzene rings is 1. The van der Waals surface area contributed by atoms with Crippen LogP contribution in [0.1, 0.15) is 59.5 Å². The number of fused-ring (bicyclic) bond motifs is 3. The van der Waals surface area contributed by atoms with Crippen LogP contribution in [0.15, 0.2) is 35.7 Å². The lowest BCUT2D eigenvalue weighted by Gasteiger charge is -2.35. The number of ether oxygens (including phenoxy) is 1. The monoisotopic (exact) mass is 548 g/mol. The molecular weight excluding hydrogens is 512 g/mol. The van der Waals surface area contributed by atoms with Crippen molar-refractivity contribution < 1.29 is 19.1 Å². The first-order chi connectivity index (χ1) is 18.7. The zero-order valence-electron chi connectivity index (χ0n) is 23.3. The predicted molar refractivity (Wildman–Crippen MR) is 153 cm³/mol. The maximum absolute atomic E-state index is 14.1. The highest BCUT2D eigenvalue weighted by atomic mass is 32.1. The number of nitrogens with zero attached hydrogens (tertiary/aromatic N) is 3. The van der Waals surface area contributed by atoms with Gasteiger partial charge in [0.2, 0.25) is 5.91 Å². The van der Waals surface area contributed by atoms with Gasteiger partial charge < -0.3 is 24.4 Å². The second kappa shape index (κ2) is 10.5. The Hall–Kier alpha value is -3.59. The maximum Gasteiger partial charge on any atom is 0.270 e. The van der Waals surface area contributed by atoms with Crippen LogP contribution in [0.25, 0.3) is 21.7 Å². The van der Waals surface area contributed by atoms with Crippen LogP contribution < -0.4 is 10.1 Å². The van der Waals surface area contributed by atoms with E-state index < -0.39 is 0 Å². The molecule has 0 aliphatic carbocycles. The van der Waals surface area contributed by atoms with Gasteiger partial charge in [-0.25, -0.2) is 0 Å². The highest BCUT2D eigenvalue weighted by Crippen LogP contribution is 2.44. The minimum absolute atomic E-state index is 0.0676. The van der Waals surface area contributed by atoms with Crippen LogP contribution in [0.4, 0.5) is 0 Å². The Kier molecular flexibility index (Phi) is 7.29. The smallest absolute Gasteiger partial charge is 0.270 e. The van der Waals surface area contributed by atoms with Gasteiger partial charge in [-0.1, -0.05) is 13.0 Å². The average molecular weight is 549 g/mol. The maximum atomic E-state index is 14.1. The van der Waals surface area contributed by atoms with Crippen LogP contribution in [-0.2, 0) is 17.8 Å². The van der Waals surface area contributed by atoms with Crippen molar-refractivity contribution in [2.75, 3.05) is 34.3 Å². The van der Waals surface area contributed by atoms with E-state index in [0.717, 1.165) is 53.1 Å². The molecule has 1 atom stereocenters. The fraction of sp³-hybridized carbons (Fsp3) is 0.433. The minimum atomic E-state index is -0.377. The van der Waals surface area contributed by atoms with E-state index in [9.17, 15) is 14.4 Å². The zero-order chi connectivity index (χ0) is 27.9. The summed E-state index contributed by atoms with van der Waals surface area (Å²) in [5.41, 5.74) is 4.83. The van der Waals surface area contributed by atoms with Gasteiger partial charge >= 0.3 is 0 Å². The van der Waals surface area contributed by atoms with Gasteiger partial charge in [-0.05, 0) is 67.8 Å². The van der Waals surface area contributed by atoms with Crippen LogP contribution >= 0.6 is 11.3 Å². The Balaban J connectivity index is 1.62. The van der Waals surface area contributed by atoms with Crippen LogP contribution in [0, 0.1) is 0 Å². The fourth-order valence-corrected chi connectivity index (χ4v) is 6.52. The van der Waals surface area contributed by atoms with Crippen molar-refractivity contribution in [2.45, 2.75) is 51.6 Å². The first-order valence-corrected chi connectivity index (χ1v) is 14.4. The molecule has 2 aliphatic rings. The molecule has 0 radical (unpaired) electrons. The number of thiophene rings is 1. The number of rotatable bonds is 7. The Morgan fingerprint density at radius 2 is 1.95 bits per heavy atom. The second-order valence-electron chi connectivity index (χ2n) is 10.8. The first kappa shape index (κ1) is 27.0. The number of likely N-dealkylation sites (tertiary alicyclic amines) is 1. The summed E-state index contributed by atoms with van der Waals surface area (Å²) in [6.45, 7) is 5.66. The SMILES string of the molecule is CC[C@@]1(C)CCCN1C(=O)c1cc(-c2cccs2)c2n1CCc1cc(OC)c(C(=O)NCC(=O)N(C)C)cc1-2. The first-order valence-electron chi connectivity index (χ1n) is 13.5. The molecule has 8 nitrogen and oxygen atoms in total. The molecule has 4 heterocycles. The summed E-state index contributed by atoms with van der Waals surface area (Å²) in [4.78, 5) is 43.9. The van der Waals surface area contributed by atoms with Crippen molar-refractivity contribution in [1.29, 1.82) is 0 Å². The van der Waals surface area contributed by atoms with E-state index in [-0.39, 0.29) is 29.8 Å². The normalized spacial score (nSPS) is 17.9. The molecule has 0 unspecified atom stereocenters. The molecule has 5 rings (SSSR count). The van der Waals surface area contributed by atoms with Crippen LogP contribution in [0.3, 0.4) is 0 Å². The molecule has 0 spiro atoms. The molecule has 2 aliphatic heterocycles. The predicted octanol–water partition coefficient (Wildman–Crippen LogP) is 4.67. The van der Waals surface area contributed by atoms with E-state index in [2.05, 4.69) is 34.7 Å². The third-order valence-corrected chi connectivity index (χ3v) is 9.19. The van der Waals surface area contributed by atoms with Gasteiger partial charge in [-0.3, -0.25) is 14.4 Å². The van der Waals surface area contributed by atoms with Crippen LogP contribution in [0.2, 0.25) is 0 Å². The summed E-state index contributed by atoms with van der Waals surface area (Å²) in [6, 6.07) is 9.89. The van der Waals surface area contributed by atoms with E-state index in [4.69, 9.17) is 4.74 Å². The summed E-state index contributed by atoms with van der Waals surface area (Å²) in [5, 5.41) is 4.76. The number of methoxy groups -OCH3 is 1. The summed E-state index contributed by atoms with van der Waals surface area (Å²) >= 11 is 1.63. The quantitative estimate of drug-likeness (QED) is 0.465. The Labute approximate surface area is 233 Å². The Bertz CT molecular complexity index is 1430. The number of hydrogen-bond donors (Lipinski definition) is 1. The van der Waals surface area contributed by atoms with Gasteiger partial charge in [0, 0.05) is 48.7 Å². The van der Waals surface area contributed by atoms with E-state index in [1.165, 1.54) is 4.90 Å². The second-order valence-corrected chi connectivity index (χ2v) is 11.7. The van der Waals surface area contributed by atoms with Crippen LogP contribution in [0.5, 0.6) is 5.75 Å². The number of nitrogens with one attached hydrogen (secondary N) is 1. The molecule has 3 amide bonds. The largest absolute Gasteiger partial charge is 0.496 e. The van der Waals surface area contributed by atoms with E-state index in [1.807, 2.05) is 29.6 Å². The number of carbonyl (C=O) groups excluding carboxylic acids is 3. The van der Waals surface area contributed by atoms with Crippen LogP contribution in [-0.4, -0.2) is 71.9 Å². The standard InChI is InChI=1S/C30H36N4O4S/c1-6-30(2)11-8-12-34(30)29(37)23-17-22(25-9-7-14-39-25)27-20-16-21(28(36)31-18-26(35)32(3)4)24(38-5)15-19(20)10-13-33(23)27/h7,9,14-17H,6,8,10-13,18H2,1-5H3,(H,31,36)/t30-/m0/s1. The Morgan fingerprint density at radius 1 is 1.15 bits per heavy atom. The molecule has 1 fully saturated rings. The van der Waals surface area contributed by atoms with Gasteiger partial charge in [0.05, 0.1) is 24.9 Å². The molecule has 1 saturated heterocycles. The summed E-state index contributed by atoms with van der Waals surface area (Å²) in [6.07, 6.45) is 3.65. The topological polar surface area (TPSA) is 83.9 Å². The van der Waals surface area contributed by atoms with Crippen molar-refractivity contribution in [3.05, 3.63) is 52.5 Å². The fourth-order valence-electron chi connectivity index (χ4n) is 5.78. The molecule has 0 bridgehead atoms. The molecule has 206 valence electrons. The van der Waals surface area contributed by atoms with Crippen molar-refractivity contribution in [1.82, 2.24) is 19.7 Å². The average Bonchev–Trinajstić information content (AvgIpc) is 3.69. The highest BCUT2D eigenvalue weighted by Gasteiger charge is 2.40. The van der Waals surface area contributed by atoms with Gasteiger partial charge in [-0.2, -0.15) is 0 Å². The van der Waals surface area contributed by atoms with Crippen molar-refractivity contribution >= 4 is 29.1 Å². The number of aromatic nitrogens is 1. The highest BCUT2D eigenvalue weighted by molar-refractivity contribution is 7.13. The number of amides is 3. The van der Waals surface area contributed by atoms with Crippen molar-refractivity contribution in [3.8, 4) is 27.4 Å². The van der Waals surface area contributed by atoms with Crippen molar-refractivity contribution in [2.24, 2.45) is 0 Å².